The summed E-state index contributed by atoms with van der Waals surface area (Å²) in [4.78, 5) is 25.6. The number of rotatable bonds is 7. The average molecular weight is 669 g/mol. The number of unbranched alkanes of at least 4 members (excludes halogenated alkanes) is 1. The van der Waals surface area contributed by atoms with E-state index < -0.39 is 11.9 Å². The summed E-state index contributed by atoms with van der Waals surface area (Å²) in [5.41, 5.74) is 1.28. The first-order valence-corrected chi connectivity index (χ1v) is 12.9. The van der Waals surface area contributed by atoms with Crippen molar-refractivity contribution in [1.82, 2.24) is 0 Å². The molecule has 1 aromatic carbocycles. The Bertz CT molecular complexity index is 946. The number of hydrogen-bond acceptors (Lipinski definition) is 7. The van der Waals surface area contributed by atoms with Crippen molar-refractivity contribution in [2.75, 3.05) is 13.2 Å². The number of nitriles is 1. The summed E-state index contributed by atoms with van der Waals surface area (Å²) in [5, 5.41) is 9.58. The van der Waals surface area contributed by atoms with Crippen molar-refractivity contribution in [1.29, 1.82) is 5.26 Å². The minimum atomic E-state index is -0.621. The highest BCUT2D eigenvalue weighted by atomic mass is 127. The van der Waals surface area contributed by atoms with Gasteiger partial charge in [0.2, 0.25) is 0 Å². The predicted molar refractivity (Wildman–Crippen MR) is 136 cm³/mol. The molecule has 1 aliphatic heterocycles. The number of fused-ring (bicyclic) bond motifs is 1. The van der Waals surface area contributed by atoms with E-state index in [4.69, 9.17) is 9.47 Å². The first-order chi connectivity index (χ1) is 14.1. The zero-order chi connectivity index (χ0) is 22.5. The molecule has 0 amide bonds. The Balaban J connectivity index is 2.07. The lowest BCUT2D eigenvalue weighted by atomic mass is 9.87. The van der Waals surface area contributed by atoms with Crippen molar-refractivity contribution in [3.8, 4) is 6.07 Å². The smallest absolute Gasteiger partial charge is 0.350 e. The van der Waals surface area contributed by atoms with Crippen LogP contribution in [0.5, 0.6) is 0 Å². The Kier molecular flexibility index (Phi) is 9.57. The van der Waals surface area contributed by atoms with Gasteiger partial charge in [0.1, 0.15) is 6.07 Å². The second-order valence-corrected chi connectivity index (χ2v) is 11.9. The number of thioether (sulfide) groups is 2. The average Bonchev–Trinajstić information content (AvgIpc) is 3.12. The zero-order valence-electron chi connectivity index (χ0n) is 16.8. The topological polar surface area (TPSA) is 76.4 Å². The van der Waals surface area contributed by atoms with E-state index in [1.807, 2.05) is 6.07 Å². The molecule has 0 fully saturated rings. The highest BCUT2D eigenvalue weighted by Crippen LogP contribution is 2.56. The van der Waals surface area contributed by atoms with Gasteiger partial charge in [0.15, 0.2) is 5.57 Å². The number of hydrogen-bond donors (Lipinski definition) is 0. The number of carbonyl (C=O) groups is 2. The molecule has 0 aromatic heterocycles. The van der Waals surface area contributed by atoms with Gasteiger partial charge in [0, 0.05) is 23.0 Å². The van der Waals surface area contributed by atoms with Crippen molar-refractivity contribution in [3.05, 3.63) is 41.2 Å². The van der Waals surface area contributed by atoms with Gasteiger partial charge < -0.3 is 9.47 Å². The molecule has 0 atom stereocenters. The van der Waals surface area contributed by atoms with Crippen LogP contribution in [0.25, 0.3) is 0 Å². The van der Waals surface area contributed by atoms with Crippen LogP contribution in [-0.4, -0.2) is 25.2 Å². The van der Waals surface area contributed by atoms with Gasteiger partial charge in [-0.1, -0.05) is 50.9 Å². The maximum Gasteiger partial charge on any atom is 0.350 e. The summed E-state index contributed by atoms with van der Waals surface area (Å²) in [6.45, 7) is 10.2. The lowest BCUT2D eigenvalue weighted by molar-refractivity contribution is -0.140. The number of halogens is 2. The van der Waals surface area contributed by atoms with Crippen molar-refractivity contribution in [2.45, 2.75) is 48.8 Å². The van der Waals surface area contributed by atoms with Gasteiger partial charge in [-0.15, -0.1) is 0 Å². The molecule has 0 unspecified atom stereocenters. The zero-order valence-corrected chi connectivity index (χ0v) is 22.8. The normalized spacial score (nSPS) is 14.5. The van der Waals surface area contributed by atoms with Crippen LogP contribution in [0.15, 0.2) is 38.3 Å². The summed E-state index contributed by atoms with van der Waals surface area (Å²) in [6.07, 6.45) is 2.20. The SMILES string of the molecule is C=CC(=O)OCCCCOC(=O)/C(C#N)=C1/Sc2c(I)cc(C(C)(C)C)c(I)c2S1. The van der Waals surface area contributed by atoms with Gasteiger partial charge in [-0.05, 0) is 75.1 Å². The molecule has 160 valence electrons. The van der Waals surface area contributed by atoms with Crippen molar-refractivity contribution in [3.63, 3.8) is 0 Å². The van der Waals surface area contributed by atoms with Crippen LogP contribution in [0.4, 0.5) is 0 Å². The van der Waals surface area contributed by atoms with Gasteiger partial charge in [-0.25, -0.2) is 9.59 Å². The van der Waals surface area contributed by atoms with Crippen LogP contribution in [0, 0.1) is 18.5 Å². The van der Waals surface area contributed by atoms with Crippen LogP contribution < -0.4 is 0 Å². The molecule has 0 aliphatic carbocycles. The van der Waals surface area contributed by atoms with Crippen LogP contribution in [0.2, 0.25) is 0 Å². The summed E-state index contributed by atoms with van der Waals surface area (Å²) in [7, 11) is 0. The number of esters is 2. The fraction of sp³-hybridized carbons (Fsp3) is 0.381. The van der Waals surface area contributed by atoms with Gasteiger partial charge >= 0.3 is 11.9 Å². The monoisotopic (exact) mass is 669 g/mol. The van der Waals surface area contributed by atoms with E-state index in [0.717, 1.165) is 23.0 Å². The molecule has 9 heteroatoms. The standard InChI is InChI=1S/C21H21I2NO4S2/c1-5-15(25)27-8-6-7-9-28-19(26)12(11-24)20-29-17-14(22)10-13(21(2,3)4)16(23)18(17)30-20/h5,10H,1,6-9H2,2-4H3/b20-12-. The van der Waals surface area contributed by atoms with E-state index in [1.54, 1.807) is 0 Å². The molecule has 0 spiro atoms. The van der Waals surface area contributed by atoms with Crippen molar-refractivity contribution < 1.29 is 19.1 Å². The van der Waals surface area contributed by atoms with E-state index in [2.05, 4.69) is 78.6 Å². The highest BCUT2D eigenvalue weighted by Gasteiger charge is 2.32. The fourth-order valence-electron chi connectivity index (χ4n) is 2.47. The second kappa shape index (κ2) is 11.2. The summed E-state index contributed by atoms with van der Waals surface area (Å²) in [5.74, 6) is -1.10. The van der Waals surface area contributed by atoms with Gasteiger partial charge in [0.05, 0.1) is 17.5 Å². The Morgan fingerprint density at radius 1 is 1.17 bits per heavy atom. The third-order valence-electron chi connectivity index (χ3n) is 4.03. The lowest BCUT2D eigenvalue weighted by Crippen LogP contribution is -2.14. The molecule has 0 radical (unpaired) electrons. The van der Waals surface area contributed by atoms with Crippen LogP contribution in [0.3, 0.4) is 0 Å². The van der Waals surface area contributed by atoms with Gasteiger partial charge in [0.25, 0.3) is 0 Å². The van der Waals surface area contributed by atoms with Crippen molar-refractivity contribution >= 4 is 80.6 Å². The quantitative estimate of drug-likeness (QED) is 0.113. The van der Waals surface area contributed by atoms with E-state index in [0.29, 0.717) is 17.1 Å². The van der Waals surface area contributed by atoms with E-state index in [9.17, 15) is 14.9 Å². The predicted octanol–water partition coefficient (Wildman–Crippen LogP) is 6.18. The van der Waals surface area contributed by atoms with E-state index in [-0.39, 0.29) is 24.2 Å². The number of benzene rings is 1. The molecule has 1 heterocycles. The van der Waals surface area contributed by atoms with E-state index in [1.165, 1.54) is 29.1 Å². The Hall–Kier alpha value is -0.710. The molecule has 5 nitrogen and oxygen atoms in total. The van der Waals surface area contributed by atoms with Crippen LogP contribution in [-0.2, 0) is 24.5 Å². The van der Waals surface area contributed by atoms with Crippen molar-refractivity contribution in [2.24, 2.45) is 0 Å². The summed E-state index contributed by atoms with van der Waals surface area (Å²) < 4.78 is 13.1. The van der Waals surface area contributed by atoms with Gasteiger partial charge in [-0.3, -0.25) is 0 Å². The third kappa shape index (κ3) is 6.40. The molecule has 0 N–H and O–H groups in total. The Morgan fingerprint density at radius 2 is 1.77 bits per heavy atom. The first kappa shape index (κ1) is 25.5. The molecule has 30 heavy (non-hydrogen) atoms. The molecular formula is C21H21I2NO4S2. The minimum Gasteiger partial charge on any atom is -0.463 e. The van der Waals surface area contributed by atoms with Gasteiger partial charge in [-0.2, -0.15) is 5.26 Å². The molecule has 2 rings (SSSR count). The maximum atomic E-state index is 12.5. The summed E-state index contributed by atoms with van der Waals surface area (Å²) >= 11 is 7.58. The molecule has 0 saturated carbocycles. The molecule has 0 bridgehead atoms. The van der Waals surface area contributed by atoms with Crippen LogP contribution in [0.1, 0.15) is 39.2 Å². The molecular weight excluding hydrogens is 648 g/mol. The Morgan fingerprint density at radius 3 is 2.33 bits per heavy atom. The second-order valence-electron chi connectivity index (χ2n) is 7.32. The number of nitrogens with zero attached hydrogens (tertiary/aromatic N) is 1. The molecule has 1 aliphatic rings. The van der Waals surface area contributed by atoms with Crippen LogP contribution >= 0.6 is 68.7 Å². The molecule has 1 aromatic rings. The lowest BCUT2D eigenvalue weighted by Gasteiger charge is -2.22. The molecule has 0 saturated heterocycles. The van der Waals surface area contributed by atoms with E-state index >= 15 is 0 Å². The largest absolute Gasteiger partial charge is 0.463 e. The number of ether oxygens (including phenoxy) is 2. The Labute approximate surface area is 212 Å². The number of carbonyl (C=O) groups excluding carboxylic acids is 2. The minimum absolute atomic E-state index is 0.000156. The fourth-order valence-corrected chi connectivity index (χ4v) is 7.82. The third-order valence-corrected chi connectivity index (χ3v) is 9.38. The first-order valence-electron chi connectivity index (χ1n) is 9.09. The highest BCUT2D eigenvalue weighted by molar-refractivity contribution is 14.1. The summed E-state index contributed by atoms with van der Waals surface area (Å²) in [6, 6.07) is 4.20. The maximum absolute atomic E-state index is 12.5.